The van der Waals surface area contributed by atoms with Crippen LogP contribution in [0, 0.1) is 0 Å². The molecule has 0 saturated carbocycles. The number of rotatable bonds is 2. The number of halogens is 7. The molecule has 0 aromatic heterocycles. The van der Waals surface area contributed by atoms with Crippen LogP contribution in [-0.4, -0.2) is 0 Å². The van der Waals surface area contributed by atoms with Crippen molar-refractivity contribution in [3.63, 3.8) is 0 Å². The van der Waals surface area contributed by atoms with Crippen LogP contribution in [0.25, 0.3) is 0 Å². The fraction of sp³-hybridized carbons (Fsp3) is 0. The standard InChI is InChI=1S/C12H4Br6ClPS/c13-5-1-7(15)11(8(16)2-5)20(19,21)12-9(17)3-6(14)4-10(12)18/h1-4H. The molecule has 0 bridgehead atoms. The molecule has 0 fully saturated rings. The highest BCUT2D eigenvalue weighted by Gasteiger charge is 2.29. The molecule has 9 heteroatoms. The minimum absolute atomic E-state index is 0.879. The second-order valence-electron chi connectivity index (χ2n) is 3.97. The van der Waals surface area contributed by atoms with Gasteiger partial charge >= 0.3 is 0 Å². The first-order valence-corrected chi connectivity index (χ1v) is 13.7. The molecule has 2 rings (SSSR count). The smallest absolute Gasteiger partial charge is 0.0754 e. The van der Waals surface area contributed by atoms with Crippen LogP contribution in [0.4, 0.5) is 0 Å². The molecule has 0 aliphatic carbocycles. The predicted octanol–water partition coefficient (Wildman–Crippen LogP) is 7.85. The molecule has 2 aromatic carbocycles. The van der Waals surface area contributed by atoms with Crippen LogP contribution in [0.5, 0.6) is 0 Å². The monoisotopic (exact) mass is 719 g/mol. The van der Waals surface area contributed by atoms with Gasteiger partial charge in [-0.25, -0.2) is 0 Å². The summed E-state index contributed by atoms with van der Waals surface area (Å²) in [6, 6.07) is 7.79. The number of hydrogen-bond acceptors (Lipinski definition) is 1. The van der Waals surface area contributed by atoms with Crippen molar-refractivity contribution in [1.82, 2.24) is 0 Å². The Balaban J connectivity index is 2.78. The van der Waals surface area contributed by atoms with Crippen LogP contribution in [0.1, 0.15) is 0 Å². The summed E-state index contributed by atoms with van der Waals surface area (Å²) in [5.74, 6) is 0. The lowest BCUT2D eigenvalue weighted by atomic mass is 10.4. The molecule has 0 aliphatic heterocycles. The van der Waals surface area contributed by atoms with Crippen LogP contribution < -0.4 is 10.6 Å². The second-order valence-corrected chi connectivity index (χ2v) is 14.9. The van der Waals surface area contributed by atoms with E-state index < -0.39 is 5.39 Å². The minimum Gasteiger partial charge on any atom is -0.0754 e. The number of benzene rings is 2. The van der Waals surface area contributed by atoms with Crippen LogP contribution in [-0.2, 0) is 11.8 Å². The predicted molar refractivity (Wildman–Crippen MR) is 118 cm³/mol. The van der Waals surface area contributed by atoms with Gasteiger partial charge in [-0.1, -0.05) is 54.9 Å². The highest BCUT2D eigenvalue weighted by atomic mass is 79.9. The van der Waals surface area contributed by atoms with Crippen molar-refractivity contribution < 1.29 is 0 Å². The van der Waals surface area contributed by atoms with Gasteiger partial charge in [-0.2, -0.15) is 0 Å². The summed E-state index contributed by atoms with van der Waals surface area (Å²) in [5.41, 5.74) is 0. The van der Waals surface area contributed by atoms with E-state index in [0.29, 0.717) is 0 Å². The van der Waals surface area contributed by atoms with E-state index in [1.165, 1.54) is 0 Å². The van der Waals surface area contributed by atoms with Crippen molar-refractivity contribution in [2.24, 2.45) is 0 Å². The van der Waals surface area contributed by atoms with Gasteiger partial charge in [0.1, 0.15) is 0 Å². The third-order valence-corrected chi connectivity index (χ3v) is 11.4. The average molecular weight is 726 g/mol. The average Bonchev–Trinajstić information content (AvgIpc) is 2.23. The van der Waals surface area contributed by atoms with Gasteiger partial charge in [0.2, 0.25) is 0 Å². The zero-order valence-electron chi connectivity index (χ0n) is 9.81. The first kappa shape index (κ1) is 19.6. The van der Waals surface area contributed by atoms with Gasteiger partial charge in [-0.3, -0.25) is 0 Å². The molecule has 0 unspecified atom stereocenters. The molecule has 0 saturated heterocycles. The fourth-order valence-corrected chi connectivity index (χ4v) is 15.9. The van der Waals surface area contributed by atoms with Gasteiger partial charge in [0.25, 0.3) is 0 Å². The lowest BCUT2D eigenvalue weighted by Crippen LogP contribution is -2.17. The molecule has 21 heavy (non-hydrogen) atoms. The molecule has 0 amide bonds. The molecule has 0 atom stereocenters. The molecule has 0 N–H and O–H groups in total. The maximum atomic E-state index is 6.89. The summed E-state index contributed by atoms with van der Waals surface area (Å²) in [6.07, 6.45) is 0. The van der Waals surface area contributed by atoms with Gasteiger partial charge in [0.05, 0.1) is 5.39 Å². The summed E-state index contributed by atoms with van der Waals surface area (Å²) < 4.78 is 5.41. The summed E-state index contributed by atoms with van der Waals surface area (Å²) in [5, 5.41) is -0.722. The molecular formula is C12H4Br6ClPS. The van der Waals surface area contributed by atoms with Crippen molar-refractivity contribution in [3.05, 3.63) is 51.1 Å². The van der Waals surface area contributed by atoms with Gasteiger partial charge in [0.15, 0.2) is 0 Å². The van der Waals surface area contributed by atoms with Crippen molar-refractivity contribution in [1.29, 1.82) is 0 Å². The van der Waals surface area contributed by atoms with E-state index in [4.69, 9.17) is 23.0 Å². The largest absolute Gasteiger partial charge is 0.0975 e. The highest BCUT2D eigenvalue weighted by molar-refractivity contribution is 9.12. The molecule has 0 radical (unpaired) electrons. The van der Waals surface area contributed by atoms with Gasteiger partial charge in [-0.15, -0.1) is 0 Å². The Bertz CT molecular complexity index is 671. The summed E-state index contributed by atoms with van der Waals surface area (Å²) in [4.78, 5) is 0. The first-order valence-electron chi connectivity index (χ1n) is 5.24. The zero-order valence-corrected chi connectivity index (χ0v) is 21.8. The Hall–Kier alpha value is 2.26. The molecule has 0 spiro atoms. The second kappa shape index (κ2) is 7.65. The maximum Gasteiger partial charge on any atom is 0.0975 e. The van der Waals surface area contributed by atoms with Crippen molar-refractivity contribution in [2.45, 2.75) is 0 Å². The fourth-order valence-electron chi connectivity index (χ4n) is 1.73. The molecule has 2 aromatic rings. The number of hydrogen-bond donors (Lipinski definition) is 0. The van der Waals surface area contributed by atoms with Crippen LogP contribution in [0.3, 0.4) is 0 Å². The van der Waals surface area contributed by atoms with Crippen LogP contribution in [0.2, 0.25) is 0 Å². The van der Waals surface area contributed by atoms with Crippen molar-refractivity contribution >= 4 is 135 Å². The Morgan fingerprint density at radius 3 is 1.14 bits per heavy atom. The van der Waals surface area contributed by atoms with Gasteiger partial charge < -0.3 is 0 Å². The summed E-state index contributed by atoms with van der Waals surface area (Å²) >= 11 is 33.9. The molecule has 112 valence electrons. The van der Waals surface area contributed by atoms with Crippen LogP contribution >= 0.6 is 112 Å². The third kappa shape index (κ3) is 4.27. The van der Waals surface area contributed by atoms with Crippen molar-refractivity contribution in [2.75, 3.05) is 0 Å². The highest BCUT2D eigenvalue weighted by Crippen LogP contribution is 2.56. The topological polar surface area (TPSA) is 0 Å². The molecular weight excluding hydrogens is 722 g/mol. The summed E-state index contributed by atoms with van der Waals surface area (Å²) in [6.45, 7) is 0. The van der Waals surface area contributed by atoms with Gasteiger partial charge in [-0.05, 0) is 88.0 Å². The Morgan fingerprint density at radius 2 is 0.905 bits per heavy atom. The zero-order chi connectivity index (χ0) is 15.9. The SMILES string of the molecule is S=P(Cl)(c1c(Br)cc(Br)cc1Br)c1c(Br)cc(Br)cc1Br. The Labute approximate surface area is 183 Å². The van der Waals surface area contributed by atoms with E-state index in [1.54, 1.807) is 0 Å². The van der Waals surface area contributed by atoms with E-state index in [0.717, 1.165) is 37.4 Å². The van der Waals surface area contributed by atoms with E-state index in [9.17, 15) is 0 Å². The Morgan fingerprint density at radius 1 is 0.667 bits per heavy atom. The lowest BCUT2D eigenvalue weighted by molar-refractivity contribution is 1.60. The molecule has 0 nitrogen and oxygen atoms in total. The molecule has 0 aliphatic rings. The summed E-state index contributed by atoms with van der Waals surface area (Å²) in [7, 11) is 0. The van der Waals surface area contributed by atoms with Crippen LogP contribution in [0.15, 0.2) is 51.1 Å². The van der Waals surface area contributed by atoms with E-state index in [-0.39, 0.29) is 0 Å². The third-order valence-electron chi connectivity index (χ3n) is 2.54. The van der Waals surface area contributed by atoms with E-state index in [1.807, 2.05) is 24.3 Å². The molecule has 0 heterocycles. The van der Waals surface area contributed by atoms with Gasteiger partial charge in [0, 0.05) is 37.4 Å². The van der Waals surface area contributed by atoms with E-state index >= 15 is 0 Å². The van der Waals surface area contributed by atoms with E-state index in [2.05, 4.69) is 95.6 Å². The first-order chi connectivity index (χ1) is 9.64. The van der Waals surface area contributed by atoms with Crippen molar-refractivity contribution in [3.8, 4) is 0 Å². The lowest BCUT2D eigenvalue weighted by Gasteiger charge is -2.22. The Kier molecular flexibility index (Phi) is 7.14. The quantitative estimate of drug-likeness (QED) is 0.285. The maximum absolute atomic E-state index is 6.89. The minimum atomic E-state index is -2.51. The normalized spacial score (nSPS) is 11.8.